The molecule has 4 nitrogen and oxygen atoms in total. The second-order valence-electron chi connectivity index (χ2n) is 3.25. The van der Waals surface area contributed by atoms with Gasteiger partial charge in [-0.05, 0) is 24.3 Å². The molecule has 0 atom stereocenters. The van der Waals surface area contributed by atoms with Gasteiger partial charge in [-0.15, -0.1) is 0 Å². The van der Waals surface area contributed by atoms with Crippen LogP contribution in [0.4, 0.5) is 5.95 Å². The fraction of sp³-hybridized carbons (Fsp3) is 0.167. The van der Waals surface area contributed by atoms with E-state index >= 15 is 0 Å². The number of nitrogens with one attached hydrogen (secondary N) is 1. The van der Waals surface area contributed by atoms with Crippen LogP contribution in [0.1, 0.15) is 0 Å². The van der Waals surface area contributed by atoms with Crippen molar-refractivity contribution < 1.29 is 4.74 Å². The third-order valence-corrected chi connectivity index (χ3v) is 3.04. The molecule has 1 heterocycles. The molecule has 0 aliphatic rings. The van der Waals surface area contributed by atoms with E-state index in [1.165, 1.54) is 0 Å². The molecular formula is C12H13N3OS. The number of aromatic nitrogens is 2. The zero-order chi connectivity index (χ0) is 12.1. The monoisotopic (exact) mass is 247 g/mol. The highest BCUT2D eigenvalue weighted by Crippen LogP contribution is 2.28. The van der Waals surface area contributed by atoms with E-state index in [9.17, 15) is 0 Å². The van der Waals surface area contributed by atoms with Crippen molar-refractivity contribution in [1.29, 1.82) is 0 Å². The number of hydrogen-bond acceptors (Lipinski definition) is 5. The Morgan fingerprint density at radius 3 is 2.94 bits per heavy atom. The van der Waals surface area contributed by atoms with Gasteiger partial charge < -0.3 is 10.1 Å². The molecule has 0 saturated heterocycles. The van der Waals surface area contributed by atoms with Crippen LogP contribution in [0, 0.1) is 0 Å². The van der Waals surface area contributed by atoms with Gasteiger partial charge in [0.15, 0.2) is 0 Å². The van der Waals surface area contributed by atoms with E-state index in [0.29, 0.717) is 5.95 Å². The first-order valence-corrected chi connectivity index (χ1v) is 5.96. The van der Waals surface area contributed by atoms with Crippen LogP contribution in [0.5, 0.6) is 5.75 Å². The third kappa shape index (κ3) is 3.10. The van der Waals surface area contributed by atoms with Crippen molar-refractivity contribution in [3.05, 3.63) is 36.5 Å². The first-order valence-electron chi connectivity index (χ1n) is 5.14. The third-order valence-electron chi connectivity index (χ3n) is 2.12. The van der Waals surface area contributed by atoms with Crippen molar-refractivity contribution in [2.75, 3.05) is 19.5 Å². The number of ether oxygens (including phenoxy) is 1. The van der Waals surface area contributed by atoms with Crippen LogP contribution in [0.3, 0.4) is 0 Å². The van der Waals surface area contributed by atoms with Crippen LogP contribution in [0.15, 0.2) is 46.5 Å². The molecule has 0 saturated carbocycles. The molecule has 0 bridgehead atoms. The summed E-state index contributed by atoms with van der Waals surface area (Å²) >= 11 is 1.58. The van der Waals surface area contributed by atoms with Crippen LogP contribution in [-0.2, 0) is 0 Å². The van der Waals surface area contributed by atoms with E-state index in [-0.39, 0.29) is 0 Å². The summed E-state index contributed by atoms with van der Waals surface area (Å²) in [6.07, 6.45) is 1.74. The molecule has 2 rings (SSSR count). The molecule has 1 aromatic heterocycles. The summed E-state index contributed by atoms with van der Waals surface area (Å²) in [5.41, 5.74) is 0. The molecule has 0 amide bonds. The maximum absolute atomic E-state index is 5.18. The van der Waals surface area contributed by atoms with Gasteiger partial charge in [0.2, 0.25) is 5.95 Å². The lowest BCUT2D eigenvalue weighted by Crippen LogP contribution is -1.95. The van der Waals surface area contributed by atoms with E-state index < -0.39 is 0 Å². The quantitative estimate of drug-likeness (QED) is 0.842. The maximum Gasteiger partial charge on any atom is 0.223 e. The topological polar surface area (TPSA) is 47.0 Å². The Balaban J connectivity index is 2.18. The standard InChI is InChI=1S/C12H13N3OS/c1-13-12-14-7-6-11(15-12)17-10-5-3-4-9(8-10)16-2/h3-8H,1-2H3,(H,13,14,15). The number of nitrogens with zero attached hydrogens (tertiary/aromatic N) is 2. The molecule has 0 aliphatic carbocycles. The van der Waals surface area contributed by atoms with Gasteiger partial charge in [-0.1, -0.05) is 17.8 Å². The second kappa shape index (κ2) is 5.54. The van der Waals surface area contributed by atoms with E-state index in [1.807, 2.05) is 30.3 Å². The smallest absolute Gasteiger partial charge is 0.223 e. The average molecular weight is 247 g/mol. The molecule has 1 N–H and O–H groups in total. The number of methoxy groups -OCH3 is 1. The van der Waals surface area contributed by atoms with Gasteiger partial charge in [0.05, 0.1) is 7.11 Å². The minimum absolute atomic E-state index is 0.623. The van der Waals surface area contributed by atoms with Crippen molar-refractivity contribution in [3.8, 4) is 5.75 Å². The van der Waals surface area contributed by atoms with Crippen molar-refractivity contribution >= 4 is 17.7 Å². The predicted octanol–water partition coefficient (Wildman–Crippen LogP) is 2.68. The zero-order valence-corrected chi connectivity index (χ0v) is 10.5. The van der Waals surface area contributed by atoms with E-state index in [4.69, 9.17) is 4.74 Å². The van der Waals surface area contributed by atoms with Crippen molar-refractivity contribution in [2.24, 2.45) is 0 Å². The number of anilines is 1. The Labute approximate surface area is 104 Å². The summed E-state index contributed by atoms with van der Waals surface area (Å²) in [6.45, 7) is 0. The van der Waals surface area contributed by atoms with E-state index in [2.05, 4.69) is 15.3 Å². The van der Waals surface area contributed by atoms with Crippen LogP contribution >= 0.6 is 11.8 Å². The van der Waals surface area contributed by atoms with Crippen molar-refractivity contribution in [1.82, 2.24) is 9.97 Å². The first-order chi connectivity index (χ1) is 8.31. The molecule has 1 aromatic carbocycles. The van der Waals surface area contributed by atoms with Crippen molar-refractivity contribution in [3.63, 3.8) is 0 Å². The summed E-state index contributed by atoms with van der Waals surface area (Å²) in [5, 5.41) is 3.82. The molecule has 0 fully saturated rings. The van der Waals surface area contributed by atoms with Crippen LogP contribution < -0.4 is 10.1 Å². The average Bonchev–Trinajstić information content (AvgIpc) is 2.39. The molecule has 88 valence electrons. The summed E-state index contributed by atoms with van der Waals surface area (Å²) in [7, 11) is 3.46. The van der Waals surface area contributed by atoms with Gasteiger partial charge >= 0.3 is 0 Å². The molecule has 0 spiro atoms. The molecule has 2 aromatic rings. The molecule has 5 heteroatoms. The van der Waals surface area contributed by atoms with Crippen molar-refractivity contribution in [2.45, 2.75) is 9.92 Å². The van der Waals surface area contributed by atoms with Gasteiger partial charge in [-0.2, -0.15) is 0 Å². The Morgan fingerprint density at radius 2 is 2.18 bits per heavy atom. The Bertz CT molecular complexity index is 459. The highest BCUT2D eigenvalue weighted by Gasteiger charge is 2.01. The maximum atomic E-state index is 5.18. The van der Waals surface area contributed by atoms with E-state index in [0.717, 1.165) is 15.7 Å². The minimum atomic E-state index is 0.623. The SMILES string of the molecule is CNc1nccc(Sc2cccc(OC)c2)n1. The molecule has 0 radical (unpaired) electrons. The lowest BCUT2D eigenvalue weighted by molar-refractivity contribution is 0.413. The zero-order valence-electron chi connectivity index (χ0n) is 9.68. The van der Waals surface area contributed by atoms with Gasteiger partial charge in [0.25, 0.3) is 0 Å². The summed E-state index contributed by atoms with van der Waals surface area (Å²) < 4.78 is 5.18. The summed E-state index contributed by atoms with van der Waals surface area (Å²) in [4.78, 5) is 9.50. The molecular weight excluding hydrogens is 234 g/mol. The minimum Gasteiger partial charge on any atom is -0.497 e. The van der Waals surface area contributed by atoms with Gasteiger partial charge in [0, 0.05) is 18.1 Å². The summed E-state index contributed by atoms with van der Waals surface area (Å²) in [5.74, 6) is 1.47. The van der Waals surface area contributed by atoms with Gasteiger partial charge in [-0.25, -0.2) is 9.97 Å². The Morgan fingerprint density at radius 1 is 1.29 bits per heavy atom. The second-order valence-corrected chi connectivity index (χ2v) is 4.34. The predicted molar refractivity (Wildman–Crippen MR) is 68.7 cm³/mol. The Kier molecular flexibility index (Phi) is 3.82. The lowest BCUT2D eigenvalue weighted by Gasteiger charge is -2.04. The highest BCUT2D eigenvalue weighted by molar-refractivity contribution is 7.99. The van der Waals surface area contributed by atoms with Gasteiger partial charge in [-0.3, -0.25) is 0 Å². The first kappa shape index (κ1) is 11.7. The highest BCUT2D eigenvalue weighted by atomic mass is 32.2. The largest absolute Gasteiger partial charge is 0.497 e. The summed E-state index contributed by atoms with van der Waals surface area (Å²) in [6, 6.07) is 9.76. The van der Waals surface area contributed by atoms with Gasteiger partial charge in [0.1, 0.15) is 10.8 Å². The van der Waals surface area contributed by atoms with Crippen LogP contribution in [-0.4, -0.2) is 24.1 Å². The molecule has 0 aliphatic heterocycles. The van der Waals surface area contributed by atoms with Crippen LogP contribution in [0.2, 0.25) is 0 Å². The van der Waals surface area contributed by atoms with E-state index in [1.54, 1.807) is 32.1 Å². The number of hydrogen-bond donors (Lipinski definition) is 1. The normalized spacial score (nSPS) is 10.0. The number of benzene rings is 1. The lowest BCUT2D eigenvalue weighted by atomic mass is 10.3. The Hall–Kier alpha value is -1.75. The molecule has 0 unspecified atom stereocenters. The van der Waals surface area contributed by atoms with Crippen LogP contribution in [0.25, 0.3) is 0 Å². The fourth-order valence-corrected chi connectivity index (χ4v) is 2.13. The molecule has 17 heavy (non-hydrogen) atoms. The fourth-order valence-electron chi connectivity index (χ4n) is 1.30. The number of rotatable bonds is 4.